The Kier molecular flexibility index (Phi) is 6.73. The summed E-state index contributed by atoms with van der Waals surface area (Å²) < 4.78 is 18.2. The summed E-state index contributed by atoms with van der Waals surface area (Å²) in [6.45, 7) is 0.234. The van der Waals surface area contributed by atoms with E-state index in [0.29, 0.717) is 11.5 Å². The van der Waals surface area contributed by atoms with Crippen LogP contribution in [0.5, 0.6) is 17.2 Å². The zero-order valence-electron chi connectivity index (χ0n) is 16.8. The number of hydrogen-bond donors (Lipinski definition) is 1. The minimum absolute atomic E-state index is 0.143. The van der Waals surface area contributed by atoms with Gasteiger partial charge in [-0.2, -0.15) is 0 Å². The maximum Gasteiger partial charge on any atom is 0.224 e. The summed E-state index contributed by atoms with van der Waals surface area (Å²) in [6.07, 6.45) is 3.75. The molecule has 3 rings (SSSR count). The number of hydrogen-bond acceptors (Lipinski definition) is 5. The third kappa shape index (κ3) is 5.07. The van der Waals surface area contributed by atoms with Crippen molar-refractivity contribution < 1.29 is 19.0 Å². The molecule has 1 unspecified atom stereocenters. The van der Waals surface area contributed by atoms with E-state index in [1.165, 1.54) is 0 Å². The highest BCUT2D eigenvalue weighted by atomic mass is 16.5. The van der Waals surface area contributed by atoms with Crippen molar-refractivity contribution >= 4 is 5.91 Å². The van der Waals surface area contributed by atoms with Crippen LogP contribution in [-0.2, 0) is 11.8 Å². The number of nitrogens with one attached hydrogen (secondary N) is 1. The predicted octanol–water partition coefficient (Wildman–Crippen LogP) is 3.11. The first-order chi connectivity index (χ1) is 14.1. The summed E-state index contributed by atoms with van der Waals surface area (Å²) >= 11 is 0. The molecular weight excluding hydrogens is 370 g/mol. The van der Waals surface area contributed by atoms with Crippen molar-refractivity contribution in [3.05, 3.63) is 72.3 Å². The summed E-state index contributed by atoms with van der Waals surface area (Å²) in [5.41, 5.74) is 0.887. The minimum Gasteiger partial charge on any atom is -0.497 e. The second kappa shape index (κ2) is 9.64. The first-order valence-electron chi connectivity index (χ1n) is 9.28. The number of benzene rings is 2. The highest BCUT2D eigenvalue weighted by molar-refractivity contribution is 5.77. The number of carbonyl (C=O) groups is 1. The standard InChI is InChI=1S/C22H25N3O4/c1-25-13-12-23-22(25)21(16-7-6-8-17(15-16)27-2)24-20(26)11-14-29-19-10-5-4-9-18(19)28-3/h4-10,12-13,15,21H,11,14H2,1-3H3,(H,24,26). The van der Waals surface area contributed by atoms with Gasteiger partial charge in [-0.25, -0.2) is 4.98 Å². The average Bonchev–Trinajstić information content (AvgIpc) is 3.18. The van der Waals surface area contributed by atoms with Gasteiger partial charge in [-0.05, 0) is 29.8 Å². The van der Waals surface area contributed by atoms with Crippen LogP contribution in [-0.4, -0.2) is 36.3 Å². The van der Waals surface area contributed by atoms with Crippen molar-refractivity contribution in [2.75, 3.05) is 20.8 Å². The summed E-state index contributed by atoms with van der Waals surface area (Å²) in [7, 11) is 5.09. The van der Waals surface area contributed by atoms with Crippen LogP contribution in [0, 0.1) is 0 Å². The number of rotatable bonds is 9. The van der Waals surface area contributed by atoms with Crippen molar-refractivity contribution in [1.82, 2.24) is 14.9 Å². The van der Waals surface area contributed by atoms with Gasteiger partial charge in [-0.1, -0.05) is 24.3 Å². The highest BCUT2D eigenvalue weighted by Crippen LogP contribution is 2.26. The second-order valence-electron chi connectivity index (χ2n) is 6.42. The molecule has 0 saturated carbocycles. The number of ether oxygens (including phenoxy) is 3. The lowest BCUT2D eigenvalue weighted by atomic mass is 10.1. The molecule has 1 amide bonds. The van der Waals surface area contributed by atoms with Crippen molar-refractivity contribution in [3.8, 4) is 17.2 Å². The number of nitrogens with zero attached hydrogens (tertiary/aromatic N) is 2. The molecule has 0 spiro atoms. The van der Waals surface area contributed by atoms with E-state index < -0.39 is 6.04 Å². The first kappa shape index (κ1) is 20.3. The third-order valence-electron chi connectivity index (χ3n) is 4.50. The Balaban J connectivity index is 1.69. The largest absolute Gasteiger partial charge is 0.497 e. The van der Waals surface area contributed by atoms with Gasteiger partial charge in [0.05, 0.1) is 27.2 Å². The van der Waals surface area contributed by atoms with Crippen LogP contribution in [0.15, 0.2) is 60.9 Å². The molecule has 1 aromatic heterocycles. The predicted molar refractivity (Wildman–Crippen MR) is 109 cm³/mol. The number of imidazole rings is 1. The van der Waals surface area contributed by atoms with E-state index in [9.17, 15) is 4.79 Å². The van der Waals surface area contributed by atoms with Crippen LogP contribution in [0.4, 0.5) is 0 Å². The van der Waals surface area contributed by atoms with E-state index in [1.54, 1.807) is 20.4 Å². The van der Waals surface area contributed by atoms with Gasteiger partial charge in [-0.3, -0.25) is 4.79 Å². The lowest BCUT2D eigenvalue weighted by Crippen LogP contribution is -2.32. The van der Waals surface area contributed by atoms with Crippen molar-refractivity contribution in [1.29, 1.82) is 0 Å². The molecule has 7 nitrogen and oxygen atoms in total. The lowest BCUT2D eigenvalue weighted by Gasteiger charge is -2.20. The smallest absolute Gasteiger partial charge is 0.224 e. The van der Waals surface area contributed by atoms with Gasteiger partial charge in [0.15, 0.2) is 11.5 Å². The monoisotopic (exact) mass is 395 g/mol. The Morgan fingerprint density at radius 1 is 1.10 bits per heavy atom. The number of aryl methyl sites for hydroxylation is 1. The number of carbonyl (C=O) groups excluding carboxylic acids is 1. The SMILES string of the molecule is COc1cccc(C(NC(=O)CCOc2ccccc2OC)c2nccn2C)c1. The maximum absolute atomic E-state index is 12.6. The molecule has 1 N–H and O–H groups in total. The molecule has 29 heavy (non-hydrogen) atoms. The van der Waals surface area contributed by atoms with Gasteiger partial charge >= 0.3 is 0 Å². The molecule has 0 saturated heterocycles. The van der Waals surface area contributed by atoms with Crippen LogP contribution < -0.4 is 19.5 Å². The van der Waals surface area contributed by atoms with Crippen molar-refractivity contribution in [2.24, 2.45) is 7.05 Å². The molecule has 0 radical (unpaired) electrons. The minimum atomic E-state index is -0.399. The molecule has 0 aliphatic heterocycles. The molecule has 7 heteroatoms. The Labute approximate surface area is 170 Å². The fourth-order valence-corrected chi connectivity index (χ4v) is 3.00. The highest BCUT2D eigenvalue weighted by Gasteiger charge is 2.21. The summed E-state index contributed by atoms with van der Waals surface area (Å²) in [5.74, 6) is 2.55. The van der Waals surface area contributed by atoms with Crippen LogP contribution in [0.25, 0.3) is 0 Å². The van der Waals surface area contributed by atoms with Gasteiger partial charge in [0.25, 0.3) is 0 Å². The quantitative estimate of drug-likeness (QED) is 0.603. The molecule has 0 aliphatic rings. The molecule has 2 aromatic carbocycles. The molecule has 152 valence electrons. The van der Waals surface area contributed by atoms with Crippen LogP contribution in [0.2, 0.25) is 0 Å². The maximum atomic E-state index is 12.6. The fourth-order valence-electron chi connectivity index (χ4n) is 3.00. The van der Waals surface area contributed by atoms with E-state index in [2.05, 4.69) is 10.3 Å². The fraction of sp³-hybridized carbons (Fsp3) is 0.273. The zero-order chi connectivity index (χ0) is 20.6. The molecule has 0 bridgehead atoms. The number of aromatic nitrogens is 2. The van der Waals surface area contributed by atoms with Gasteiger partial charge in [-0.15, -0.1) is 0 Å². The van der Waals surface area contributed by atoms with Gasteiger partial charge in [0.1, 0.15) is 17.6 Å². The average molecular weight is 395 g/mol. The lowest BCUT2D eigenvalue weighted by molar-refractivity contribution is -0.122. The molecular formula is C22H25N3O4. The van der Waals surface area contributed by atoms with Crippen molar-refractivity contribution in [2.45, 2.75) is 12.5 Å². The number of para-hydroxylation sites is 2. The Bertz CT molecular complexity index is 954. The van der Waals surface area contributed by atoms with E-state index in [0.717, 1.165) is 17.1 Å². The molecule has 1 atom stereocenters. The normalized spacial score (nSPS) is 11.6. The first-order valence-corrected chi connectivity index (χ1v) is 9.28. The van der Waals surface area contributed by atoms with E-state index in [-0.39, 0.29) is 18.9 Å². The van der Waals surface area contributed by atoms with E-state index in [4.69, 9.17) is 14.2 Å². The van der Waals surface area contributed by atoms with Gasteiger partial charge in [0.2, 0.25) is 5.91 Å². The second-order valence-corrected chi connectivity index (χ2v) is 6.42. The summed E-state index contributed by atoms with van der Waals surface area (Å²) in [4.78, 5) is 17.1. The topological polar surface area (TPSA) is 74.6 Å². The van der Waals surface area contributed by atoms with Crippen LogP contribution in [0.3, 0.4) is 0 Å². The number of amides is 1. The molecule has 0 aliphatic carbocycles. The van der Waals surface area contributed by atoms with E-state index in [1.807, 2.05) is 66.3 Å². The Morgan fingerprint density at radius 2 is 1.90 bits per heavy atom. The summed E-state index contributed by atoms with van der Waals surface area (Å²) in [5, 5.41) is 3.05. The van der Waals surface area contributed by atoms with Gasteiger partial charge in [0, 0.05) is 19.4 Å². The van der Waals surface area contributed by atoms with Gasteiger partial charge < -0.3 is 24.1 Å². The molecule has 0 fully saturated rings. The number of methoxy groups -OCH3 is 2. The Hall–Kier alpha value is -3.48. The third-order valence-corrected chi connectivity index (χ3v) is 4.50. The summed E-state index contributed by atoms with van der Waals surface area (Å²) in [6, 6.07) is 14.5. The van der Waals surface area contributed by atoms with E-state index >= 15 is 0 Å². The zero-order valence-corrected chi connectivity index (χ0v) is 16.8. The van der Waals surface area contributed by atoms with Crippen molar-refractivity contribution in [3.63, 3.8) is 0 Å². The van der Waals surface area contributed by atoms with Crippen LogP contribution in [0.1, 0.15) is 23.9 Å². The molecule has 1 heterocycles. The van der Waals surface area contributed by atoms with Crippen LogP contribution >= 0.6 is 0 Å². The molecule has 3 aromatic rings. The Morgan fingerprint density at radius 3 is 2.59 bits per heavy atom.